The van der Waals surface area contributed by atoms with E-state index in [9.17, 15) is 9.18 Å². The Hall–Kier alpha value is -1.11. The van der Waals surface area contributed by atoms with E-state index in [1.807, 2.05) is 0 Å². The first kappa shape index (κ1) is 11.4. The Kier molecular flexibility index (Phi) is 3.42. The minimum absolute atomic E-state index is 0.0485. The van der Waals surface area contributed by atoms with Gasteiger partial charge in [-0.15, -0.1) is 5.10 Å². The van der Waals surface area contributed by atoms with Crippen molar-refractivity contribution in [2.45, 2.75) is 24.7 Å². The number of rotatable bonds is 3. The zero-order valence-corrected chi connectivity index (χ0v) is 9.76. The average Bonchev–Trinajstić information content (AvgIpc) is 2.84. The molecule has 1 fully saturated rings. The predicted octanol–water partition coefficient (Wildman–Crippen LogP) is 0.776. The van der Waals surface area contributed by atoms with Gasteiger partial charge in [-0.25, -0.2) is 9.37 Å². The number of halogens is 1. The Morgan fingerprint density at radius 3 is 3.12 bits per heavy atom. The number of alkyl halides is 1. The van der Waals surface area contributed by atoms with E-state index in [2.05, 4.69) is 15.2 Å². The van der Waals surface area contributed by atoms with Crippen LogP contribution in [0.3, 0.4) is 0 Å². The summed E-state index contributed by atoms with van der Waals surface area (Å²) in [6.07, 6.45) is -0.407. The molecule has 1 aromatic rings. The number of nitrogens with zero attached hydrogens (tertiary/aromatic N) is 3. The molecular weight excluding hydrogens is 231 g/mol. The number of aromatic amines is 1. The summed E-state index contributed by atoms with van der Waals surface area (Å²) in [5, 5.41) is 7.17. The number of aromatic nitrogens is 3. The lowest BCUT2D eigenvalue weighted by molar-refractivity contribution is -0.127. The predicted molar refractivity (Wildman–Crippen MR) is 57.9 cm³/mol. The smallest absolute Gasteiger partial charge is 0.233 e. The molecule has 5 nitrogen and oxygen atoms in total. The van der Waals surface area contributed by atoms with Crippen molar-refractivity contribution in [1.82, 2.24) is 20.1 Å². The Morgan fingerprint density at radius 1 is 1.75 bits per heavy atom. The number of aryl methyl sites for hydroxylation is 1. The number of H-pyrrole nitrogens is 1. The molecule has 1 atom stereocenters. The van der Waals surface area contributed by atoms with Crippen molar-refractivity contribution in [2.75, 3.05) is 18.8 Å². The normalized spacial score (nSPS) is 20.4. The Labute approximate surface area is 96.8 Å². The second-order valence-corrected chi connectivity index (χ2v) is 4.66. The fraction of sp³-hybridized carbons (Fsp3) is 0.667. The van der Waals surface area contributed by atoms with E-state index in [0.29, 0.717) is 18.1 Å². The monoisotopic (exact) mass is 244 g/mol. The SMILES string of the molecule is Cc1nc(SCC(=O)N2CC[C@@H](F)C2)n[nH]1. The molecule has 1 aliphatic heterocycles. The van der Waals surface area contributed by atoms with Crippen LogP contribution in [0.25, 0.3) is 0 Å². The molecule has 1 aromatic heterocycles. The van der Waals surface area contributed by atoms with Gasteiger partial charge >= 0.3 is 0 Å². The minimum atomic E-state index is -0.861. The molecule has 2 heterocycles. The van der Waals surface area contributed by atoms with Crippen LogP contribution in [0, 0.1) is 6.92 Å². The van der Waals surface area contributed by atoms with Gasteiger partial charge in [-0.3, -0.25) is 9.89 Å². The third-order valence-corrected chi connectivity index (χ3v) is 3.22. The first-order valence-electron chi connectivity index (χ1n) is 5.09. The van der Waals surface area contributed by atoms with Crippen molar-refractivity contribution in [2.24, 2.45) is 0 Å². The van der Waals surface area contributed by atoms with Crippen molar-refractivity contribution in [3.63, 3.8) is 0 Å². The maximum Gasteiger partial charge on any atom is 0.233 e. The van der Waals surface area contributed by atoms with Crippen LogP contribution in [-0.4, -0.2) is 51.0 Å². The number of carbonyl (C=O) groups is 1. The first-order chi connectivity index (χ1) is 7.65. The van der Waals surface area contributed by atoms with Crippen molar-refractivity contribution in [3.05, 3.63) is 5.82 Å². The molecule has 2 rings (SSSR count). The van der Waals surface area contributed by atoms with Gasteiger partial charge < -0.3 is 4.90 Å². The third-order valence-electron chi connectivity index (χ3n) is 2.38. The maximum atomic E-state index is 12.9. The highest BCUT2D eigenvalue weighted by atomic mass is 32.2. The van der Waals surface area contributed by atoms with Gasteiger partial charge in [0, 0.05) is 6.54 Å². The molecule has 0 radical (unpaired) electrons. The average molecular weight is 244 g/mol. The van der Waals surface area contributed by atoms with Crippen LogP contribution >= 0.6 is 11.8 Å². The van der Waals surface area contributed by atoms with Crippen LogP contribution in [-0.2, 0) is 4.79 Å². The highest BCUT2D eigenvalue weighted by Crippen LogP contribution is 2.17. The molecule has 0 aromatic carbocycles. The molecule has 1 amide bonds. The second kappa shape index (κ2) is 4.82. The van der Waals surface area contributed by atoms with Crippen LogP contribution < -0.4 is 0 Å². The highest BCUT2D eigenvalue weighted by Gasteiger charge is 2.25. The number of hydrogen-bond acceptors (Lipinski definition) is 4. The molecule has 16 heavy (non-hydrogen) atoms. The molecule has 1 N–H and O–H groups in total. The van der Waals surface area contributed by atoms with Gasteiger partial charge in [-0.05, 0) is 13.3 Å². The number of amides is 1. The zero-order chi connectivity index (χ0) is 11.5. The molecular formula is C9H13FN4OS. The van der Waals surface area contributed by atoms with Gasteiger partial charge in [0.1, 0.15) is 12.0 Å². The van der Waals surface area contributed by atoms with Gasteiger partial charge in [-0.1, -0.05) is 11.8 Å². The van der Waals surface area contributed by atoms with Crippen LogP contribution in [0.15, 0.2) is 5.16 Å². The fourth-order valence-electron chi connectivity index (χ4n) is 1.55. The maximum absolute atomic E-state index is 12.9. The van der Waals surface area contributed by atoms with Gasteiger partial charge in [-0.2, -0.15) is 0 Å². The molecule has 7 heteroatoms. The minimum Gasteiger partial charge on any atom is -0.339 e. The summed E-state index contributed by atoms with van der Waals surface area (Å²) in [4.78, 5) is 17.3. The topological polar surface area (TPSA) is 61.9 Å². The number of thioether (sulfide) groups is 1. The largest absolute Gasteiger partial charge is 0.339 e. The van der Waals surface area contributed by atoms with Crippen molar-refractivity contribution in [1.29, 1.82) is 0 Å². The van der Waals surface area contributed by atoms with Crippen LogP contribution in [0.1, 0.15) is 12.2 Å². The molecule has 0 bridgehead atoms. The van der Waals surface area contributed by atoms with Crippen molar-refractivity contribution >= 4 is 17.7 Å². The third kappa shape index (κ3) is 2.72. The molecule has 0 aliphatic carbocycles. The van der Waals surface area contributed by atoms with Gasteiger partial charge in [0.25, 0.3) is 0 Å². The number of nitrogens with one attached hydrogen (secondary N) is 1. The number of carbonyl (C=O) groups excluding carboxylic acids is 1. The van der Waals surface area contributed by atoms with E-state index in [1.54, 1.807) is 11.8 Å². The molecule has 0 spiro atoms. The van der Waals surface area contributed by atoms with E-state index >= 15 is 0 Å². The fourth-order valence-corrected chi connectivity index (χ4v) is 2.30. The van der Waals surface area contributed by atoms with E-state index in [-0.39, 0.29) is 18.2 Å². The lowest BCUT2D eigenvalue weighted by Crippen LogP contribution is -2.30. The first-order valence-corrected chi connectivity index (χ1v) is 6.07. The summed E-state index contributed by atoms with van der Waals surface area (Å²) in [6, 6.07) is 0. The summed E-state index contributed by atoms with van der Waals surface area (Å²) in [5.74, 6) is 0.942. The Bertz CT molecular complexity index is 383. The van der Waals surface area contributed by atoms with Crippen LogP contribution in [0.5, 0.6) is 0 Å². The van der Waals surface area contributed by atoms with E-state index in [1.165, 1.54) is 11.8 Å². The van der Waals surface area contributed by atoms with Crippen molar-refractivity contribution in [3.8, 4) is 0 Å². The molecule has 88 valence electrons. The molecule has 0 saturated carbocycles. The van der Waals surface area contributed by atoms with Crippen LogP contribution in [0.2, 0.25) is 0 Å². The Balaban J connectivity index is 1.80. The van der Waals surface area contributed by atoms with E-state index in [0.717, 1.165) is 5.82 Å². The van der Waals surface area contributed by atoms with Gasteiger partial charge in [0.15, 0.2) is 0 Å². The quantitative estimate of drug-likeness (QED) is 0.798. The summed E-state index contributed by atoms with van der Waals surface area (Å²) in [7, 11) is 0. The second-order valence-electron chi connectivity index (χ2n) is 3.72. The van der Waals surface area contributed by atoms with Gasteiger partial charge in [0.2, 0.25) is 11.1 Å². The molecule has 0 unspecified atom stereocenters. The molecule has 1 aliphatic rings. The number of hydrogen-bond donors (Lipinski definition) is 1. The Morgan fingerprint density at radius 2 is 2.56 bits per heavy atom. The van der Waals surface area contributed by atoms with Gasteiger partial charge in [0.05, 0.1) is 12.3 Å². The standard InChI is InChI=1S/C9H13FN4OS/c1-6-11-9(13-12-6)16-5-8(15)14-3-2-7(10)4-14/h7H,2-5H2,1H3,(H,11,12,13)/t7-/m1/s1. The lowest BCUT2D eigenvalue weighted by atomic mass is 10.3. The molecule has 1 saturated heterocycles. The summed E-state index contributed by atoms with van der Waals surface area (Å²) < 4.78 is 12.9. The highest BCUT2D eigenvalue weighted by molar-refractivity contribution is 7.99. The van der Waals surface area contributed by atoms with Crippen molar-refractivity contribution < 1.29 is 9.18 Å². The van der Waals surface area contributed by atoms with E-state index in [4.69, 9.17) is 0 Å². The van der Waals surface area contributed by atoms with E-state index < -0.39 is 6.17 Å². The van der Waals surface area contributed by atoms with Crippen LogP contribution in [0.4, 0.5) is 4.39 Å². The lowest BCUT2D eigenvalue weighted by Gasteiger charge is -2.13. The summed E-state index contributed by atoms with van der Waals surface area (Å²) >= 11 is 1.27. The summed E-state index contributed by atoms with van der Waals surface area (Å²) in [6.45, 7) is 2.55. The number of likely N-dealkylation sites (tertiary alicyclic amines) is 1. The summed E-state index contributed by atoms with van der Waals surface area (Å²) in [5.41, 5.74) is 0. The zero-order valence-electron chi connectivity index (χ0n) is 8.94.